The van der Waals surface area contributed by atoms with Crippen molar-refractivity contribution in [2.45, 2.75) is 57.7 Å². The molecule has 1 aliphatic heterocycles. The molecule has 1 heterocycles. The largest absolute Gasteiger partial charge is 0.350 e. The van der Waals surface area contributed by atoms with Gasteiger partial charge in [-0.3, -0.25) is 4.79 Å². The summed E-state index contributed by atoms with van der Waals surface area (Å²) in [5.41, 5.74) is 0.809. The Morgan fingerprint density at radius 2 is 1.70 bits per heavy atom. The molecule has 5 heteroatoms. The molecule has 1 aromatic rings. The van der Waals surface area contributed by atoms with Crippen LogP contribution in [0.1, 0.15) is 46.1 Å². The molecule has 23 heavy (non-hydrogen) atoms. The number of hydrogen-bond donors (Lipinski definition) is 2. The maximum atomic E-state index is 12.8. The first-order chi connectivity index (χ1) is 10.2. The average Bonchev–Trinajstić information content (AvgIpc) is 2.34. The Hall–Kier alpha value is -1.39. The van der Waals surface area contributed by atoms with E-state index in [0.717, 1.165) is 18.4 Å². The molecule has 0 aromatic heterocycles. The van der Waals surface area contributed by atoms with Crippen LogP contribution >= 0.6 is 12.4 Å². The smallest absolute Gasteiger partial charge is 0.244 e. The summed E-state index contributed by atoms with van der Waals surface area (Å²) in [6.45, 7) is 8.62. The monoisotopic (exact) mass is 340 g/mol. The number of nitrogens with one attached hydrogen (secondary N) is 2. The van der Waals surface area contributed by atoms with E-state index in [2.05, 4.69) is 38.3 Å². The van der Waals surface area contributed by atoms with Crippen molar-refractivity contribution >= 4 is 24.4 Å². The molecular formula is C18H26ClFN2O. The van der Waals surface area contributed by atoms with Crippen LogP contribution in [0.3, 0.4) is 0 Å². The normalized spacial score (nSPS) is 20.0. The standard InChI is InChI=1S/C18H25FN2O.ClH/c1-17(2)11-15(12-18(3,4)21-17)20-16(22)10-7-13-5-8-14(19)9-6-13;/h5-10,15,21H,11-12H2,1-4H3,(H,20,22);1H. The van der Waals surface area contributed by atoms with Gasteiger partial charge < -0.3 is 10.6 Å². The van der Waals surface area contributed by atoms with E-state index in [0.29, 0.717) is 0 Å². The van der Waals surface area contributed by atoms with E-state index < -0.39 is 0 Å². The van der Waals surface area contributed by atoms with Gasteiger partial charge in [0.05, 0.1) is 0 Å². The Balaban J connectivity index is 0.00000264. The van der Waals surface area contributed by atoms with Crippen molar-refractivity contribution in [3.63, 3.8) is 0 Å². The van der Waals surface area contributed by atoms with E-state index in [4.69, 9.17) is 0 Å². The zero-order valence-electron chi connectivity index (χ0n) is 14.2. The molecule has 0 unspecified atom stereocenters. The average molecular weight is 341 g/mol. The van der Waals surface area contributed by atoms with Gasteiger partial charge in [0.25, 0.3) is 0 Å². The van der Waals surface area contributed by atoms with Crippen molar-refractivity contribution in [2.75, 3.05) is 0 Å². The third-order valence-corrected chi connectivity index (χ3v) is 3.83. The van der Waals surface area contributed by atoms with E-state index in [9.17, 15) is 9.18 Å². The highest BCUT2D eigenvalue weighted by Crippen LogP contribution is 2.28. The Morgan fingerprint density at radius 1 is 1.17 bits per heavy atom. The Bertz CT molecular complexity index is 551. The van der Waals surface area contributed by atoms with Crippen LogP contribution in [0.5, 0.6) is 0 Å². The number of carbonyl (C=O) groups excluding carboxylic acids is 1. The maximum absolute atomic E-state index is 12.8. The second kappa shape index (κ2) is 7.45. The van der Waals surface area contributed by atoms with Gasteiger partial charge in [-0.1, -0.05) is 12.1 Å². The fourth-order valence-corrected chi connectivity index (χ4v) is 3.42. The highest BCUT2D eigenvalue weighted by molar-refractivity contribution is 5.91. The number of hydrogen-bond acceptors (Lipinski definition) is 2. The van der Waals surface area contributed by atoms with Crippen molar-refractivity contribution < 1.29 is 9.18 Å². The van der Waals surface area contributed by atoms with Crippen LogP contribution in [-0.2, 0) is 4.79 Å². The summed E-state index contributed by atoms with van der Waals surface area (Å²) in [7, 11) is 0. The first-order valence-corrected chi connectivity index (χ1v) is 7.69. The number of amides is 1. The molecule has 2 rings (SSSR count). The summed E-state index contributed by atoms with van der Waals surface area (Å²) in [4.78, 5) is 12.1. The molecule has 2 N–H and O–H groups in total. The first kappa shape index (κ1) is 19.7. The summed E-state index contributed by atoms with van der Waals surface area (Å²) in [5, 5.41) is 6.67. The van der Waals surface area contributed by atoms with Crippen LogP contribution in [0, 0.1) is 5.82 Å². The molecule has 1 aliphatic rings. The van der Waals surface area contributed by atoms with E-state index >= 15 is 0 Å². The van der Waals surface area contributed by atoms with Crippen molar-refractivity contribution in [1.82, 2.24) is 10.6 Å². The Labute approximate surface area is 144 Å². The van der Waals surface area contributed by atoms with E-state index in [-0.39, 0.29) is 41.3 Å². The van der Waals surface area contributed by atoms with Crippen LogP contribution in [0.25, 0.3) is 6.08 Å². The van der Waals surface area contributed by atoms with Gasteiger partial charge in [-0.15, -0.1) is 12.4 Å². The maximum Gasteiger partial charge on any atom is 0.244 e. The summed E-state index contributed by atoms with van der Waals surface area (Å²) in [5.74, 6) is -0.386. The molecule has 3 nitrogen and oxygen atoms in total. The highest BCUT2D eigenvalue weighted by Gasteiger charge is 2.37. The summed E-state index contributed by atoms with van der Waals surface area (Å²) in [6, 6.07) is 6.22. The van der Waals surface area contributed by atoms with Crippen LogP contribution in [0.15, 0.2) is 30.3 Å². The van der Waals surface area contributed by atoms with Gasteiger partial charge in [0.2, 0.25) is 5.91 Å². The lowest BCUT2D eigenvalue weighted by atomic mass is 9.79. The SMILES string of the molecule is CC1(C)CC(NC(=O)C=Cc2ccc(F)cc2)CC(C)(C)N1.Cl. The lowest BCUT2D eigenvalue weighted by molar-refractivity contribution is -0.117. The fourth-order valence-electron chi connectivity index (χ4n) is 3.42. The summed E-state index contributed by atoms with van der Waals surface area (Å²) < 4.78 is 12.8. The minimum atomic E-state index is -0.277. The van der Waals surface area contributed by atoms with E-state index in [1.54, 1.807) is 18.2 Å². The molecule has 0 radical (unpaired) electrons. The number of benzene rings is 1. The molecular weight excluding hydrogens is 315 g/mol. The van der Waals surface area contributed by atoms with Crippen LogP contribution in [0.2, 0.25) is 0 Å². The molecule has 0 atom stereocenters. The van der Waals surface area contributed by atoms with Crippen LogP contribution in [0.4, 0.5) is 4.39 Å². The number of rotatable bonds is 3. The fraction of sp³-hybridized carbons (Fsp3) is 0.500. The number of carbonyl (C=O) groups is 1. The molecule has 0 bridgehead atoms. The highest BCUT2D eigenvalue weighted by atomic mass is 35.5. The molecule has 0 spiro atoms. The lowest BCUT2D eigenvalue weighted by Gasteiger charge is -2.46. The molecule has 1 saturated heterocycles. The van der Waals surface area contributed by atoms with Gasteiger partial charge in [0.15, 0.2) is 0 Å². The van der Waals surface area contributed by atoms with Crippen LogP contribution in [-0.4, -0.2) is 23.0 Å². The van der Waals surface area contributed by atoms with Gasteiger partial charge in [0.1, 0.15) is 5.82 Å². The Morgan fingerprint density at radius 3 is 2.22 bits per heavy atom. The van der Waals surface area contributed by atoms with Crippen molar-refractivity contribution in [1.29, 1.82) is 0 Å². The topological polar surface area (TPSA) is 41.1 Å². The summed E-state index contributed by atoms with van der Waals surface area (Å²) in [6.07, 6.45) is 5.00. The molecule has 1 fully saturated rings. The number of piperidine rings is 1. The van der Waals surface area contributed by atoms with Crippen molar-refractivity contribution in [3.05, 3.63) is 41.7 Å². The lowest BCUT2D eigenvalue weighted by Crippen LogP contribution is -2.62. The van der Waals surface area contributed by atoms with E-state index in [1.807, 2.05) is 0 Å². The second-order valence-electron chi connectivity index (χ2n) is 7.39. The minimum absolute atomic E-state index is 0. The second-order valence-corrected chi connectivity index (χ2v) is 7.39. The third-order valence-electron chi connectivity index (χ3n) is 3.83. The zero-order chi connectivity index (χ0) is 16.4. The third kappa shape index (κ3) is 6.32. The molecule has 1 amide bonds. The van der Waals surface area contributed by atoms with Crippen LogP contribution < -0.4 is 10.6 Å². The zero-order valence-corrected chi connectivity index (χ0v) is 15.0. The van der Waals surface area contributed by atoms with Gasteiger partial charge in [0, 0.05) is 23.2 Å². The predicted molar refractivity (Wildman–Crippen MR) is 95.1 cm³/mol. The van der Waals surface area contributed by atoms with Gasteiger partial charge >= 0.3 is 0 Å². The first-order valence-electron chi connectivity index (χ1n) is 7.69. The molecule has 0 aliphatic carbocycles. The van der Waals surface area contributed by atoms with Crippen molar-refractivity contribution in [2.24, 2.45) is 0 Å². The minimum Gasteiger partial charge on any atom is -0.350 e. The Kier molecular flexibility index (Phi) is 6.37. The van der Waals surface area contributed by atoms with Crippen molar-refractivity contribution in [3.8, 4) is 0 Å². The number of halogens is 2. The quantitative estimate of drug-likeness (QED) is 0.824. The van der Waals surface area contributed by atoms with Gasteiger partial charge in [-0.2, -0.15) is 0 Å². The van der Waals surface area contributed by atoms with E-state index in [1.165, 1.54) is 18.2 Å². The summed E-state index contributed by atoms with van der Waals surface area (Å²) >= 11 is 0. The van der Waals surface area contributed by atoms with Gasteiger partial charge in [-0.05, 0) is 64.3 Å². The molecule has 1 aromatic carbocycles. The molecule has 0 saturated carbocycles. The van der Waals surface area contributed by atoms with Gasteiger partial charge in [-0.25, -0.2) is 4.39 Å². The predicted octanol–water partition coefficient (Wildman–Crippen LogP) is 3.69. The molecule has 128 valence electrons.